The van der Waals surface area contributed by atoms with Gasteiger partial charge in [0.25, 0.3) is 0 Å². The van der Waals surface area contributed by atoms with Gasteiger partial charge >= 0.3 is 0 Å². The summed E-state index contributed by atoms with van der Waals surface area (Å²) in [7, 11) is 0. The van der Waals surface area contributed by atoms with E-state index in [1.54, 1.807) is 5.57 Å². The van der Waals surface area contributed by atoms with Gasteiger partial charge in [-0.15, -0.1) is 0 Å². The quantitative estimate of drug-likeness (QED) is 0.536. The average molecular weight is 164 g/mol. The molecule has 0 aliphatic heterocycles. The van der Waals surface area contributed by atoms with Crippen LogP contribution in [0.2, 0.25) is 0 Å². The van der Waals surface area contributed by atoms with E-state index < -0.39 is 0 Å². The standard InChI is InChI=1S/C12H20/c1-2-3-9-12-10-7-5-4-6-8-11-12/h2-3,10H,4-9,11H2,1H3. The van der Waals surface area contributed by atoms with Crippen LogP contribution in [0.25, 0.3) is 0 Å². The van der Waals surface area contributed by atoms with Gasteiger partial charge in [-0.25, -0.2) is 0 Å². The molecule has 0 amide bonds. The lowest BCUT2D eigenvalue weighted by Crippen LogP contribution is -1.89. The highest BCUT2D eigenvalue weighted by molar-refractivity contribution is 5.07. The van der Waals surface area contributed by atoms with Crippen LogP contribution in [0, 0.1) is 0 Å². The van der Waals surface area contributed by atoms with Gasteiger partial charge in [-0.2, -0.15) is 0 Å². The fraction of sp³-hybridized carbons (Fsp3) is 0.667. The van der Waals surface area contributed by atoms with Gasteiger partial charge in [0.15, 0.2) is 0 Å². The highest BCUT2D eigenvalue weighted by Gasteiger charge is 1.99. The number of hydrogen-bond donors (Lipinski definition) is 0. The summed E-state index contributed by atoms with van der Waals surface area (Å²) in [6.45, 7) is 2.10. The normalized spacial score (nSPS) is 20.2. The van der Waals surface area contributed by atoms with Crippen molar-refractivity contribution in [1.29, 1.82) is 0 Å². The van der Waals surface area contributed by atoms with Crippen LogP contribution in [0.5, 0.6) is 0 Å². The second-order valence-corrected chi connectivity index (χ2v) is 3.59. The van der Waals surface area contributed by atoms with Crippen molar-refractivity contribution in [3.63, 3.8) is 0 Å². The minimum Gasteiger partial charge on any atom is -0.0913 e. The van der Waals surface area contributed by atoms with E-state index in [0.29, 0.717) is 0 Å². The fourth-order valence-electron chi connectivity index (χ4n) is 1.71. The van der Waals surface area contributed by atoms with Gasteiger partial charge in [0, 0.05) is 0 Å². The number of rotatable bonds is 2. The largest absolute Gasteiger partial charge is 0.0913 e. The van der Waals surface area contributed by atoms with Gasteiger partial charge in [0.1, 0.15) is 0 Å². The maximum atomic E-state index is 2.46. The van der Waals surface area contributed by atoms with Gasteiger partial charge in [0.2, 0.25) is 0 Å². The van der Waals surface area contributed by atoms with Crippen LogP contribution in [-0.2, 0) is 0 Å². The van der Waals surface area contributed by atoms with Crippen molar-refractivity contribution in [2.24, 2.45) is 0 Å². The molecule has 0 heterocycles. The molecule has 0 radical (unpaired) electrons. The first-order chi connectivity index (χ1) is 5.93. The van der Waals surface area contributed by atoms with Gasteiger partial charge in [-0.1, -0.05) is 36.6 Å². The fourth-order valence-corrected chi connectivity index (χ4v) is 1.71. The zero-order valence-corrected chi connectivity index (χ0v) is 8.18. The molecule has 0 nitrogen and oxygen atoms in total. The zero-order valence-electron chi connectivity index (χ0n) is 8.18. The first-order valence-corrected chi connectivity index (χ1v) is 5.22. The van der Waals surface area contributed by atoms with Crippen LogP contribution in [0.1, 0.15) is 51.9 Å². The van der Waals surface area contributed by atoms with Gasteiger partial charge in [-0.3, -0.25) is 0 Å². The second-order valence-electron chi connectivity index (χ2n) is 3.59. The second kappa shape index (κ2) is 6.05. The topological polar surface area (TPSA) is 0 Å². The van der Waals surface area contributed by atoms with Crippen LogP contribution < -0.4 is 0 Å². The molecule has 0 saturated carbocycles. The summed E-state index contributed by atoms with van der Waals surface area (Å²) in [5, 5.41) is 0. The first kappa shape index (κ1) is 9.57. The molecule has 0 N–H and O–H groups in total. The molecule has 0 bridgehead atoms. The third kappa shape index (κ3) is 3.75. The maximum absolute atomic E-state index is 2.46. The van der Waals surface area contributed by atoms with Crippen molar-refractivity contribution < 1.29 is 0 Å². The van der Waals surface area contributed by atoms with Gasteiger partial charge < -0.3 is 0 Å². The van der Waals surface area contributed by atoms with E-state index in [1.807, 2.05) is 0 Å². The molecule has 68 valence electrons. The Morgan fingerprint density at radius 1 is 1.25 bits per heavy atom. The predicted molar refractivity (Wildman–Crippen MR) is 55.2 cm³/mol. The van der Waals surface area contributed by atoms with Crippen LogP contribution in [0.3, 0.4) is 0 Å². The van der Waals surface area contributed by atoms with Crippen molar-refractivity contribution >= 4 is 0 Å². The van der Waals surface area contributed by atoms with Crippen molar-refractivity contribution in [2.75, 3.05) is 0 Å². The smallest absolute Gasteiger partial charge is 0.0139 e. The molecule has 1 rings (SSSR count). The first-order valence-electron chi connectivity index (χ1n) is 5.22. The van der Waals surface area contributed by atoms with E-state index in [9.17, 15) is 0 Å². The maximum Gasteiger partial charge on any atom is -0.0139 e. The summed E-state index contributed by atoms with van der Waals surface area (Å²) in [4.78, 5) is 0. The minimum absolute atomic E-state index is 1.19. The van der Waals surface area contributed by atoms with Crippen molar-refractivity contribution in [1.82, 2.24) is 0 Å². The molecular formula is C12H20. The highest BCUT2D eigenvalue weighted by atomic mass is 14.1. The van der Waals surface area contributed by atoms with Crippen molar-refractivity contribution in [2.45, 2.75) is 51.9 Å². The molecule has 1 aliphatic rings. The number of allylic oxidation sites excluding steroid dienone is 4. The lowest BCUT2D eigenvalue weighted by atomic mass is 9.98. The van der Waals surface area contributed by atoms with Gasteiger partial charge in [-0.05, 0) is 39.0 Å². The van der Waals surface area contributed by atoms with E-state index in [1.165, 1.54) is 44.9 Å². The van der Waals surface area contributed by atoms with Crippen molar-refractivity contribution in [3.05, 3.63) is 23.8 Å². The Morgan fingerprint density at radius 2 is 2.08 bits per heavy atom. The Hall–Kier alpha value is -0.520. The third-order valence-electron chi connectivity index (χ3n) is 2.50. The zero-order chi connectivity index (χ0) is 8.65. The Morgan fingerprint density at radius 3 is 2.92 bits per heavy atom. The molecule has 0 unspecified atom stereocenters. The summed E-state index contributed by atoms with van der Waals surface area (Å²) >= 11 is 0. The van der Waals surface area contributed by atoms with E-state index in [2.05, 4.69) is 25.2 Å². The molecular weight excluding hydrogens is 144 g/mol. The lowest BCUT2D eigenvalue weighted by Gasteiger charge is -2.08. The van der Waals surface area contributed by atoms with E-state index in [-0.39, 0.29) is 0 Å². The molecule has 12 heavy (non-hydrogen) atoms. The minimum atomic E-state index is 1.19. The van der Waals surface area contributed by atoms with Crippen LogP contribution in [-0.4, -0.2) is 0 Å². The summed E-state index contributed by atoms with van der Waals surface area (Å²) in [6.07, 6.45) is 16.4. The Kier molecular flexibility index (Phi) is 4.82. The Labute approximate surface area is 76.4 Å². The molecule has 0 spiro atoms. The molecule has 0 aromatic rings. The Balaban J connectivity index is 2.36. The van der Waals surface area contributed by atoms with Crippen LogP contribution in [0.4, 0.5) is 0 Å². The molecule has 0 fully saturated rings. The molecule has 0 heteroatoms. The molecule has 0 aromatic carbocycles. The number of hydrogen-bond acceptors (Lipinski definition) is 0. The monoisotopic (exact) mass is 164 g/mol. The Bertz CT molecular complexity index is 163. The third-order valence-corrected chi connectivity index (χ3v) is 2.50. The van der Waals surface area contributed by atoms with E-state index in [0.717, 1.165) is 0 Å². The molecule has 1 aliphatic carbocycles. The van der Waals surface area contributed by atoms with Crippen LogP contribution >= 0.6 is 0 Å². The summed E-state index contributed by atoms with van der Waals surface area (Å²) in [5.74, 6) is 0. The van der Waals surface area contributed by atoms with E-state index >= 15 is 0 Å². The van der Waals surface area contributed by atoms with Crippen molar-refractivity contribution in [3.8, 4) is 0 Å². The van der Waals surface area contributed by atoms with E-state index in [4.69, 9.17) is 0 Å². The summed E-state index contributed by atoms with van der Waals surface area (Å²) < 4.78 is 0. The predicted octanol–water partition coefficient (Wildman–Crippen LogP) is 4.23. The highest BCUT2D eigenvalue weighted by Crippen LogP contribution is 2.19. The van der Waals surface area contributed by atoms with Crippen LogP contribution in [0.15, 0.2) is 23.8 Å². The SMILES string of the molecule is CC=CCC1=CCCCCCC1. The summed E-state index contributed by atoms with van der Waals surface area (Å²) in [5.41, 5.74) is 1.66. The molecule has 0 atom stereocenters. The average Bonchev–Trinajstić information content (AvgIpc) is 2.02. The lowest BCUT2D eigenvalue weighted by molar-refractivity contribution is 0.621. The van der Waals surface area contributed by atoms with Gasteiger partial charge in [0.05, 0.1) is 0 Å². The summed E-state index contributed by atoms with van der Waals surface area (Å²) in [6, 6.07) is 0. The molecule has 0 saturated heterocycles. The molecule has 0 aromatic heterocycles.